The van der Waals surface area contributed by atoms with Crippen molar-refractivity contribution in [3.8, 4) is 0 Å². The predicted molar refractivity (Wildman–Crippen MR) is 90.8 cm³/mol. The van der Waals surface area contributed by atoms with Gasteiger partial charge in [-0.1, -0.05) is 66.2 Å². The molecule has 1 unspecified atom stereocenters. The van der Waals surface area contributed by atoms with Crippen molar-refractivity contribution in [1.82, 2.24) is 5.32 Å². The highest BCUT2D eigenvalue weighted by molar-refractivity contribution is 5.89. The van der Waals surface area contributed by atoms with Gasteiger partial charge in [-0.05, 0) is 48.4 Å². The first-order valence-corrected chi connectivity index (χ1v) is 7.43. The van der Waals surface area contributed by atoms with Gasteiger partial charge in [0.2, 0.25) is 0 Å². The van der Waals surface area contributed by atoms with E-state index in [1.54, 1.807) is 0 Å². The lowest BCUT2D eigenvalue weighted by Gasteiger charge is -2.20. The highest BCUT2D eigenvalue weighted by atomic mass is 14.9. The lowest BCUT2D eigenvalue weighted by Crippen LogP contribution is -2.18. The maximum Gasteiger partial charge on any atom is 0.0580 e. The van der Waals surface area contributed by atoms with Gasteiger partial charge in [0.1, 0.15) is 0 Å². The van der Waals surface area contributed by atoms with Gasteiger partial charge in [-0.15, -0.1) is 0 Å². The highest BCUT2D eigenvalue weighted by Gasteiger charge is 2.15. The fourth-order valence-corrected chi connectivity index (χ4v) is 2.99. The van der Waals surface area contributed by atoms with E-state index in [0.29, 0.717) is 0 Å². The average Bonchev–Trinajstić information content (AvgIpc) is 2.52. The molecule has 0 saturated carbocycles. The molecule has 3 aromatic carbocycles. The number of hydrogen-bond donors (Lipinski definition) is 1. The van der Waals surface area contributed by atoms with Gasteiger partial charge in [0.15, 0.2) is 0 Å². The summed E-state index contributed by atoms with van der Waals surface area (Å²) < 4.78 is 0. The molecular weight excluding hydrogens is 254 g/mol. The van der Waals surface area contributed by atoms with Crippen LogP contribution in [0.2, 0.25) is 0 Å². The molecule has 1 N–H and O–H groups in total. The van der Waals surface area contributed by atoms with Crippen molar-refractivity contribution in [1.29, 1.82) is 0 Å². The van der Waals surface area contributed by atoms with Crippen LogP contribution in [0.25, 0.3) is 10.8 Å². The van der Waals surface area contributed by atoms with E-state index in [0.717, 1.165) is 0 Å². The molecule has 0 spiro atoms. The first kappa shape index (κ1) is 13.8. The van der Waals surface area contributed by atoms with Crippen LogP contribution in [0.5, 0.6) is 0 Å². The van der Waals surface area contributed by atoms with E-state index in [2.05, 4.69) is 79.8 Å². The second kappa shape index (κ2) is 5.71. The summed E-state index contributed by atoms with van der Waals surface area (Å²) >= 11 is 0. The summed E-state index contributed by atoms with van der Waals surface area (Å²) in [6.45, 7) is 4.30. The Morgan fingerprint density at radius 1 is 0.762 bits per heavy atom. The zero-order valence-corrected chi connectivity index (χ0v) is 12.9. The Kier molecular flexibility index (Phi) is 3.76. The Morgan fingerprint density at radius 2 is 1.43 bits per heavy atom. The molecule has 0 aliphatic rings. The van der Waals surface area contributed by atoms with E-state index in [1.807, 2.05) is 7.05 Å². The molecule has 1 heteroatoms. The van der Waals surface area contributed by atoms with E-state index in [1.165, 1.54) is 33.0 Å². The van der Waals surface area contributed by atoms with Gasteiger partial charge in [0.05, 0.1) is 6.04 Å². The normalized spacial score (nSPS) is 12.5. The molecule has 0 aliphatic heterocycles. The number of fused-ring (bicyclic) bond motifs is 1. The summed E-state index contributed by atoms with van der Waals surface area (Å²) in [6, 6.07) is 22.1. The lowest BCUT2D eigenvalue weighted by atomic mass is 9.92. The SMILES string of the molecule is CNC(c1ccc(C)cc1)c1ccc(C)c2ccccc12. The standard InChI is InChI=1S/C20H21N/c1-14-8-11-16(12-9-14)20(21-3)19-13-10-15(2)17-6-4-5-7-18(17)19/h4-13,20-21H,1-3H3. The van der Waals surface area contributed by atoms with Gasteiger partial charge in [-0.25, -0.2) is 0 Å². The minimum absolute atomic E-state index is 0.219. The fourth-order valence-electron chi connectivity index (χ4n) is 2.99. The third-order valence-corrected chi connectivity index (χ3v) is 4.19. The Labute approximate surface area is 126 Å². The van der Waals surface area contributed by atoms with Crippen LogP contribution in [-0.4, -0.2) is 7.05 Å². The molecule has 0 heterocycles. The van der Waals surface area contributed by atoms with Crippen molar-refractivity contribution in [2.75, 3.05) is 7.05 Å². The minimum atomic E-state index is 0.219. The summed E-state index contributed by atoms with van der Waals surface area (Å²) in [5, 5.41) is 6.13. The maximum absolute atomic E-state index is 3.47. The number of aryl methyl sites for hydroxylation is 2. The summed E-state index contributed by atoms with van der Waals surface area (Å²) in [7, 11) is 2.03. The Bertz CT molecular complexity index is 756. The summed E-state index contributed by atoms with van der Waals surface area (Å²) in [5.41, 5.74) is 5.26. The largest absolute Gasteiger partial charge is 0.309 e. The van der Waals surface area contributed by atoms with E-state index in [4.69, 9.17) is 0 Å². The first-order valence-electron chi connectivity index (χ1n) is 7.43. The van der Waals surface area contributed by atoms with E-state index in [9.17, 15) is 0 Å². The van der Waals surface area contributed by atoms with Crippen molar-refractivity contribution in [3.05, 3.63) is 82.9 Å². The second-order valence-corrected chi connectivity index (χ2v) is 5.65. The fraction of sp³-hybridized carbons (Fsp3) is 0.200. The van der Waals surface area contributed by atoms with Crippen LogP contribution in [0.3, 0.4) is 0 Å². The maximum atomic E-state index is 3.47. The Morgan fingerprint density at radius 3 is 2.10 bits per heavy atom. The van der Waals surface area contributed by atoms with Gasteiger partial charge in [0, 0.05) is 0 Å². The summed E-state index contributed by atoms with van der Waals surface area (Å²) in [4.78, 5) is 0. The Balaban J connectivity index is 2.17. The van der Waals surface area contributed by atoms with E-state index < -0.39 is 0 Å². The molecule has 0 fully saturated rings. The van der Waals surface area contributed by atoms with Crippen LogP contribution in [0, 0.1) is 13.8 Å². The van der Waals surface area contributed by atoms with Crippen LogP contribution in [0.4, 0.5) is 0 Å². The molecule has 1 nitrogen and oxygen atoms in total. The quantitative estimate of drug-likeness (QED) is 0.726. The molecule has 0 aliphatic carbocycles. The smallest absolute Gasteiger partial charge is 0.0580 e. The minimum Gasteiger partial charge on any atom is -0.309 e. The molecule has 1 atom stereocenters. The topological polar surface area (TPSA) is 12.0 Å². The zero-order valence-electron chi connectivity index (χ0n) is 12.9. The van der Waals surface area contributed by atoms with Crippen molar-refractivity contribution in [2.24, 2.45) is 0 Å². The number of benzene rings is 3. The first-order chi connectivity index (χ1) is 10.2. The highest BCUT2D eigenvalue weighted by Crippen LogP contribution is 2.30. The van der Waals surface area contributed by atoms with Gasteiger partial charge >= 0.3 is 0 Å². The number of rotatable bonds is 3. The molecule has 0 amide bonds. The van der Waals surface area contributed by atoms with Gasteiger partial charge in [0.25, 0.3) is 0 Å². The van der Waals surface area contributed by atoms with Crippen LogP contribution in [0.1, 0.15) is 28.3 Å². The molecule has 0 aromatic heterocycles. The number of nitrogens with one attached hydrogen (secondary N) is 1. The zero-order chi connectivity index (χ0) is 14.8. The van der Waals surface area contributed by atoms with Crippen LogP contribution in [-0.2, 0) is 0 Å². The molecular formula is C20H21N. The van der Waals surface area contributed by atoms with Crippen molar-refractivity contribution in [2.45, 2.75) is 19.9 Å². The molecule has 0 bridgehead atoms. The average molecular weight is 275 g/mol. The van der Waals surface area contributed by atoms with Crippen LogP contribution >= 0.6 is 0 Å². The van der Waals surface area contributed by atoms with Crippen LogP contribution in [0.15, 0.2) is 60.7 Å². The van der Waals surface area contributed by atoms with Gasteiger partial charge < -0.3 is 5.32 Å². The van der Waals surface area contributed by atoms with Crippen molar-refractivity contribution >= 4 is 10.8 Å². The van der Waals surface area contributed by atoms with Crippen molar-refractivity contribution < 1.29 is 0 Å². The third-order valence-electron chi connectivity index (χ3n) is 4.19. The van der Waals surface area contributed by atoms with Crippen LogP contribution < -0.4 is 5.32 Å². The molecule has 21 heavy (non-hydrogen) atoms. The third kappa shape index (κ3) is 2.57. The molecule has 3 aromatic rings. The Hall–Kier alpha value is -2.12. The lowest BCUT2D eigenvalue weighted by molar-refractivity contribution is 0.696. The summed E-state index contributed by atoms with van der Waals surface area (Å²) in [6.07, 6.45) is 0. The van der Waals surface area contributed by atoms with Gasteiger partial charge in [-0.3, -0.25) is 0 Å². The molecule has 106 valence electrons. The second-order valence-electron chi connectivity index (χ2n) is 5.65. The molecule has 0 radical (unpaired) electrons. The predicted octanol–water partition coefficient (Wildman–Crippen LogP) is 4.77. The number of hydrogen-bond acceptors (Lipinski definition) is 1. The molecule has 3 rings (SSSR count). The van der Waals surface area contributed by atoms with E-state index >= 15 is 0 Å². The van der Waals surface area contributed by atoms with Crippen molar-refractivity contribution in [3.63, 3.8) is 0 Å². The van der Waals surface area contributed by atoms with E-state index in [-0.39, 0.29) is 6.04 Å². The summed E-state index contributed by atoms with van der Waals surface area (Å²) in [5.74, 6) is 0. The monoisotopic (exact) mass is 275 g/mol. The molecule has 0 saturated heterocycles. The van der Waals surface area contributed by atoms with Gasteiger partial charge in [-0.2, -0.15) is 0 Å².